The van der Waals surface area contributed by atoms with E-state index >= 15 is 0 Å². The Labute approximate surface area is 573 Å². The van der Waals surface area contributed by atoms with Crippen LogP contribution in [0.25, 0.3) is 10.8 Å². The van der Waals surface area contributed by atoms with Gasteiger partial charge < -0.3 is 29.4 Å². The minimum atomic E-state index is 1.01. The van der Waals surface area contributed by atoms with Crippen LogP contribution in [0.2, 0.25) is 0 Å². The summed E-state index contributed by atoms with van der Waals surface area (Å²) in [6.45, 7) is 19.6. The topological polar surface area (TPSA) is 19.4 Å². The Kier molecular flexibility index (Phi) is 17.6. The predicted octanol–water partition coefficient (Wildman–Crippen LogP) is 26.4. The van der Waals surface area contributed by atoms with E-state index in [2.05, 4.69) is 413 Å². The van der Waals surface area contributed by atoms with E-state index in [1.807, 2.05) is 0 Å². The molecular weight excluding hydrogens is 1180 g/mol. The summed E-state index contributed by atoms with van der Waals surface area (Å²) in [6, 6.07) is 118. The van der Waals surface area contributed by atoms with Gasteiger partial charge in [-0.1, -0.05) is 167 Å². The van der Waals surface area contributed by atoms with E-state index in [1.54, 1.807) is 0 Å². The summed E-state index contributed by atoms with van der Waals surface area (Å²) >= 11 is 0. The molecule has 14 aromatic carbocycles. The zero-order valence-corrected chi connectivity index (χ0v) is 56.8. The highest BCUT2D eigenvalue weighted by Crippen LogP contribution is 2.48. The van der Waals surface area contributed by atoms with Gasteiger partial charge in [0.1, 0.15) is 0 Å². The van der Waals surface area contributed by atoms with Crippen LogP contribution in [0.15, 0.2) is 322 Å². The van der Waals surface area contributed by atoms with Crippen LogP contribution in [0.1, 0.15) is 50.1 Å². The zero-order valence-electron chi connectivity index (χ0n) is 56.8. The van der Waals surface area contributed by atoms with Crippen LogP contribution >= 0.6 is 0 Å². The molecule has 0 radical (unpaired) electrons. The SMILES string of the molecule is Cc1ccc(N(c2cccc(C)c2)c2cccc(N(c3ccc(C)cc3)c3cccc(N(c4ccc(C)cc4)c4cccc(N(c5ccc(N(c6ccc(N(c7ccc(C)cc7)c7ccccc7C)cc6)c6c(C)cc(C)cc6C)cc5)c5ccc6ccccc6c5)c4)c3)c2)cc1. The third kappa shape index (κ3) is 13.2. The first-order valence-electron chi connectivity index (χ1n) is 33.5. The molecule has 14 rings (SSSR count). The van der Waals surface area contributed by atoms with Crippen molar-refractivity contribution in [2.75, 3.05) is 29.4 Å². The number of hydrogen-bond acceptors (Lipinski definition) is 6. The van der Waals surface area contributed by atoms with Crippen molar-refractivity contribution in [1.29, 1.82) is 0 Å². The Morgan fingerprint density at radius 2 is 0.443 bits per heavy atom. The van der Waals surface area contributed by atoms with E-state index in [-0.39, 0.29) is 0 Å². The molecule has 6 heteroatoms. The number of aryl methyl sites for hydroxylation is 9. The fraction of sp³-hybridized carbons (Fsp3) is 0.0989. The summed E-state index contributed by atoms with van der Waals surface area (Å²) in [5.74, 6) is 0. The lowest BCUT2D eigenvalue weighted by molar-refractivity contribution is 1.19. The molecule has 0 spiro atoms. The third-order valence-corrected chi connectivity index (χ3v) is 18.4. The van der Waals surface area contributed by atoms with Crippen molar-refractivity contribution < 1.29 is 0 Å². The lowest BCUT2D eigenvalue weighted by Gasteiger charge is -2.32. The molecule has 6 nitrogen and oxygen atoms in total. The number of hydrogen-bond donors (Lipinski definition) is 0. The van der Waals surface area contributed by atoms with E-state index in [0.717, 1.165) is 102 Å². The van der Waals surface area contributed by atoms with Crippen LogP contribution < -0.4 is 29.4 Å². The van der Waals surface area contributed by atoms with Crippen molar-refractivity contribution in [1.82, 2.24) is 0 Å². The minimum absolute atomic E-state index is 1.01. The van der Waals surface area contributed by atoms with Crippen LogP contribution in [-0.4, -0.2) is 0 Å². The van der Waals surface area contributed by atoms with Crippen LogP contribution in [0.5, 0.6) is 0 Å². The van der Waals surface area contributed by atoms with Gasteiger partial charge in [0, 0.05) is 96.7 Å². The zero-order chi connectivity index (χ0) is 66.7. The summed E-state index contributed by atoms with van der Waals surface area (Å²) in [4.78, 5) is 14.3. The molecule has 0 amide bonds. The van der Waals surface area contributed by atoms with Gasteiger partial charge >= 0.3 is 0 Å². The van der Waals surface area contributed by atoms with Crippen LogP contribution in [0, 0.1) is 62.3 Å². The molecule has 0 atom stereocenters. The molecule has 0 N–H and O–H groups in total. The quantitative estimate of drug-likeness (QED) is 0.0847. The number of benzene rings is 14. The van der Waals surface area contributed by atoms with Crippen molar-refractivity contribution in [2.24, 2.45) is 0 Å². The van der Waals surface area contributed by atoms with Gasteiger partial charge in [0.15, 0.2) is 0 Å². The molecule has 474 valence electrons. The van der Waals surface area contributed by atoms with Crippen molar-refractivity contribution in [3.05, 3.63) is 372 Å². The van der Waals surface area contributed by atoms with Gasteiger partial charge in [-0.15, -0.1) is 0 Å². The van der Waals surface area contributed by atoms with Crippen LogP contribution in [0.3, 0.4) is 0 Å². The molecule has 0 aliphatic heterocycles. The molecule has 0 aliphatic rings. The summed E-state index contributed by atoms with van der Waals surface area (Å²) in [5, 5.41) is 2.36. The van der Waals surface area contributed by atoms with Crippen molar-refractivity contribution in [3.63, 3.8) is 0 Å². The van der Waals surface area contributed by atoms with Gasteiger partial charge in [-0.05, 0) is 277 Å². The lowest BCUT2D eigenvalue weighted by Crippen LogP contribution is -2.16. The maximum atomic E-state index is 2.43. The van der Waals surface area contributed by atoms with Crippen LogP contribution in [-0.2, 0) is 0 Å². The van der Waals surface area contributed by atoms with Gasteiger partial charge in [-0.25, -0.2) is 0 Å². The predicted molar refractivity (Wildman–Crippen MR) is 415 cm³/mol. The Hall–Kier alpha value is -11.9. The number of anilines is 18. The standard InChI is InChI=1S/C91H80N6/c1-63-30-39-74(40-31-63)92(82-22-14-18-67(5)58-82)83-23-15-24-84(60-83)93(75-41-32-64(2)33-42-75)85-25-16-26-86(61-85)94(76-43-34-65(3)35-44-76)87-27-17-28-88(62-87)95(89-47-38-72-20-11-12-21-73(72)59-89)77-48-52-80(53-49-77)97(91-70(8)56-68(6)57-71(91)9)81-54-50-79(51-55-81)96(78-45-36-66(4)37-46-78)90-29-13-10-19-69(90)7/h10-62H,1-9H3. The minimum Gasteiger partial charge on any atom is -0.310 e. The third-order valence-electron chi connectivity index (χ3n) is 18.4. The maximum absolute atomic E-state index is 2.43. The highest BCUT2D eigenvalue weighted by atomic mass is 15.2. The first-order valence-corrected chi connectivity index (χ1v) is 33.5. The second-order valence-corrected chi connectivity index (χ2v) is 25.9. The molecule has 0 saturated heterocycles. The molecule has 0 aliphatic carbocycles. The van der Waals surface area contributed by atoms with Gasteiger partial charge in [0.25, 0.3) is 0 Å². The number of nitrogens with zero attached hydrogens (tertiary/aromatic N) is 6. The average Bonchev–Trinajstić information content (AvgIpc) is 0.795. The molecule has 0 fully saturated rings. The highest BCUT2D eigenvalue weighted by Gasteiger charge is 2.25. The van der Waals surface area contributed by atoms with Crippen molar-refractivity contribution in [3.8, 4) is 0 Å². The van der Waals surface area contributed by atoms with E-state index in [9.17, 15) is 0 Å². The average molecular weight is 1260 g/mol. The number of fused-ring (bicyclic) bond motifs is 1. The van der Waals surface area contributed by atoms with Gasteiger partial charge in [-0.3, -0.25) is 0 Å². The van der Waals surface area contributed by atoms with Crippen LogP contribution in [0.4, 0.5) is 102 Å². The first kappa shape index (κ1) is 62.6. The van der Waals surface area contributed by atoms with Gasteiger partial charge in [0.2, 0.25) is 0 Å². The molecule has 14 aromatic rings. The summed E-state index contributed by atoms with van der Waals surface area (Å²) in [5.41, 5.74) is 30.1. The highest BCUT2D eigenvalue weighted by molar-refractivity contribution is 5.93. The van der Waals surface area contributed by atoms with E-state index in [0.29, 0.717) is 0 Å². The van der Waals surface area contributed by atoms with E-state index in [4.69, 9.17) is 0 Å². The van der Waals surface area contributed by atoms with E-state index in [1.165, 1.54) is 60.8 Å². The number of rotatable bonds is 18. The molecule has 0 unspecified atom stereocenters. The smallest absolute Gasteiger partial charge is 0.0520 e. The summed E-state index contributed by atoms with van der Waals surface area (Å²) < 4.78 is 0. The maximum Gasteiger partial charge on any atom is 0.0520 e. The molecule has 0 heterocycles. The molecule has 0 aromatic heterocycles. The Morgan fingerprint density at radius 1 is 0.155 bits per heavy atom. The lowest BCUT2D eigenvalue weighted by atomic mass is 10.0. The second-order valence-electron chi connectivity index (χ2n) is 25.9. The normalized spacial score (nSPS) is 11.1. The summed E-state index contributed by atoms with van der Waals surface area (Å²) in [7, 11) is 0. The largest absolute Gasteiger partial charge is 0.310 e. The molecule has 0 bridgehead atoms. The Balaban J connectivity index is 0.875. The number of para-hydroxylation sites is 1. The van der Waals surface area contributed by atoms with Crippen molar-refractivity contribution in [2.45, 2.75) is 62.3 Å². The fourth-order valence-electron chi connectivity index (χ4n) is 13.6. The molecular formula is C91H80N6. The fourth-order valence-corrected chi connectivity index (χ4v) is 13.6. The van der Waals surface area contributed by atoms with E-state index < -0.39 is 0 Å². The monoisotopic (exact) mass is 1260 g/mol. The Morgan fingerprint density at radius 3 is 0.814 bits per heavy atom. The molecule has 97 heavy (non-hydrogen) atoms. The van der Waals surface area contributed by atoms with Crippen molar-refractivity contribution >= 4 is 113 Å². The van der Waals surface area contributed by atoms with Gasteiger partial charge in [0.05, 0.1) is 5.69 Å². The second kappa shape index (κ2) is 27.2. The van der Waals surface area contributed by atoms with Gasteiger partial charge in [-0.2, -0.15) is 0 Å². The first-order chi connectivity index (χ1) is 47.3. The Bertz CT molecular complexity index is 5070. The summed E-state index contributed by atoms with van der Waals surface area (Å²) in [6.07, 6.45) is 0. The molecule has 0 saturated carbocycles.